The molecule has 0 aliphatic rings. The molecular formula is C14H11ClN4S. The maximum absolute atomic E-state index is 5.85. The molecule has 2 aromatic carbocycles. The number of rotatable bonds is 3. The summed E-state index contributed by atoms with van der Waals surface area (Å²) in [5, 5.41) is 13.8. The molecule has 0 amide bonds. The first-order valence-corrected chi connectivity index (χ1v) is 7.12. The summed E-state index contributed by atoms with van der Waals surface area (Å²) in [5.74, 6) is 0. The van der Waals surface area contributed by atoms with Crippen molar-refractivity contribution in [3.8, 4) is 10.6 Å². The molecule has 0 bridgehead atoms. The molecule has 0 spiro atoms. The highest BCUT2D eigenvalue weighted by Crippen LogP contribution is 2.28. The molecule has 100 valence electrons. The van der Waals surface area contributed by atoms with E-state index in [0.717, 1.165) is 27.1 Å². The quantitative estimate of drug-likeness (QED) is 0.712. The number of hydrogen-bond acceptors (Lipinski definition) is 5. The molecular weight excluding hydrogens is 292 g/mol. The van der Waals surface area contributed by atoms with Gasteiger partial charge in [-0.3, -0.25) is 0 Å². The van der Waals surface area contributed by atoms with Gasteiger partial charge in [0.1, 0.15) is 5.01 Å². The summed E-state index contributed by atoms with van der Waals surface area (Å²) in [6.45, 7) is 0. The lowest BCUT2D eigenvalue weighted by Gasteiger charge is -2.00. The van der Waals surface area contributed by atoms with Crippen LogP contribution in [-0.2, 0) is 0 Å². The van der Waals surface area contributed by atoms with E-state index < -0.39 is 0 Å². The lowest BCUT2D eigenvalue weighted by molar-refractivity contribution is 1.10. The van der Waals surface area contributed by atoms with Gasteiger partial charge in [-0.15, -0.1) is 10.2 Å². The molecule has 0 unspecified atom stereocenters. The fraction of sp³-hybridized carbons (Fsp3) is 0. The number of hydrogen-bond donors (Lipinski definition) is 2. The Morgan fingerprint density at radius 1 is 0.950 bits per heavy atom. The number of nitrogen functional groups attached to an aromatic ring is 1. The van der Waals surface area contributed by atoms with Crippen molar-refractivity contribution in [2.75, 3.05) is 11.1 Å². The molecule has 1 aromatic heterocycles. The zero-order valence-corrected chi connectivity index (χ0v) is 11.9. The summed E-state index contributed by atoms with van der Waals surface area (Å²) in [7, 11) is 0. The number of aromatic nitrogens is 2. The van der Waals surface area contributed by atoms with Crippen LogP contribution in [0.4, 0.5) is 16.5 Å². The number of nitrogens with one attached hydrogen (secondary N) is 1. The van der Waals surface area contributed by atoms with Crippen LogP contribution >= 0.6 is 22.9 Å². The second-order valence-electron chi connectivity index (χ2n) is 4.17. The molecule has 3 aromatic rings. The molecule has 3 rings (SSSR count). The highest BCUT2D eigenvalue weighted by molar-refractivity contribution is 7.18. The van der Waals surface area contributed by atoms with Gasteiger partial charge in [0.2, 0.25) is 5.13 Å². The van der Waals surface area contributed by atoms with E-state index in [1.807, 2.05) is 48.5 Å². The minimum absolute atomic E-state index is 0.704. The van der Waals surface area contributed by atoms with Crippen LogP contribution in [-0.4, -0.2) is 10.2 Å². The van der Waals surface area contributed by atoms with Gasteiger partial charge in [0.15, 0.2) is 0 Å². The summed E-state index contributed by atoms with van der Waals surface area (Å²) >= 11 is 7.33. The van der Waals surface area contributed by atoms with Crippen molar-refractivity contribution in [2.45, 2.75) is 0 Å². The van der Waals surface area contributed by atoms with E-state index in [-0.39, 0.29) is 0 Å². The Morgan fingerprint density at radius 2 is 1.65 bits per heavy atom. The van der Waals surface area contributed by atoms with Crippen LogP contribution in [0.15, 0.2) is 48.5 Å². The molecule has 0 aliphatic heterocycles. The van der Waals surface area contributed by atoms with E-state index in [1.165, 1.54) is 11.3 Å². The number of halogens is 1. The first-order chi connectivity index (χ1) is 9.70. The number of nitrogens with zero attached hydrogens (tertiary/aromatic N) is 2. The van der Waals surface area contributed by atoms with E-state index in [2.05, 4.69) is 15.5 Å². The number of nitrogens with two attached hydrogens (primary N) is 1. The van der Waals surface area contributed by atoms with Crippen molar-refractivity contribution >= 4 is 39.4 Å². The van der Waals surface area contributed by atoms with Gasteiger partial charge >= 0.3 is 0 Å². The maximum Gasteiger partial charge on any atom is 0.210 e. The zero-order valence-electron chi connectivity index (χ0n) is 10.4. The molecule has 0 aliphatic carbocycles. The van der Waals surface area contributed by atoms with E-state index in [1.54, 1.807) is 0 Å². The van der Waals surface area contributed by atoms with Crippen molar-refractivity contribution in [2.24, 2.45) is 0 Å². The summed E-state index contributed by atoms with van der Waals surface area (Å²) < 4.78 is 0. The molecule has 6 heteroatoms. The Balaban J connectivity index is 1.80. The smallest absolute Gasteiger partial charge is 0.210 e. The zero-order chi connectivity index (χ0) is 13.9. The van der Waals surface area contributed by atoms with Crippen molar-refractivity contribution in [3.05, 3.63) is 53.6 Å². The minimum atomic E-state index is 0.704. The Hall–Kier alpha value is -2.11. The van der Waals surface area contributed by atoms with Gasteiger partial charge in [-0.1, -0.05) is 22.9 Å². The second-order valence-corrected chi connectivity index (χ2v) is 5.58. The maximum atomic E-state index is 5.85. The topological polar surface area (TPSA) is 63.8 Å². The van der Waals surface area contributed by atoms with Gasteiger partial charge in [-0.2, -0.15) is 0 Å². The van der Waals surface area contributed by atoms with Gasteiger partial charge in [-0.05, 0) is 48.5 Å². The Bertz CT molecular complexity index is 707. The minimum Gasteiger partial charge on any atom is -0.399 e. The van der Waals surface area contributed by atoms with Gasteiger partial charge in [0.25, 0.3) is 0 Å². The van der Waals surface area contributed by atoms with E-state index in [0.29, 0.717) is 5.02 Å². The van der Waals surface area contributed by atoms with Crippen LogP contribution < -0.4 is 11.1 Å². The summed E-state index contributed by atoms with van der Waals surface area (Å²) in [6, 6.07) is 15.0. The standard InChI is InChI=1S/C14H11ClN4S/c15-10-3-7-12(8-4-10)17-14-19-18-13(20-14)9-1-5-11(16)6-2-9/h1-8H,16H2,(H,17,19). The molecule has 20 heavy (non-hydrogen) atoms. The van der Waals surface area contributed by atoms with Crippen LogP contribution in [0.2, 0.25) is 5.02 Å². The van der Waals surface area contributed by atoms with Crippen molar-refractivity contribution < 1.29 is 0 Å². The predicted octanol–water partition coefficient (Wildman–Crippen LogP) is 4.18. The van der Waals surface area contributed by atoms with Crippen LogP contribution in [0, 0.1) is 0 Å². The third kappa shape index (κ3) is 2.89. The normalized spacial score (nSPS) is 10.4. The van der Waals surface area contributed by atoms with E-state index >= 15 is 0 Å². The van der Waals surface area contributed by atoms with Crippen molar-refractivity contribution in [1.82, 2.24) is 10.2 Å². The summed E-state index contributed by atoms with van der Waals surface area (Å²) in [4.78, 5) is 0. The Kier molecular flexibility index (Phi) is 3.54. The van der Waals surface area contributed by atoms with Gasteiger partial charge in [-0.25, -0.2) is 0 Å². The van der Waals surface area contributed by atoms with Crippen molar-refractivity contribution in [1.29, 1.82) is 0 Å². The molecule has 1 heterocycles. The lowest BCUT2D eigenvalue weighted by Crippen LogP contribution is -1.88. The molecule has 0 fully saturated rings. The van der Waals surface area contributed by atoms with E-state index in [4.69, 9.17) is 17.3 Å². The van der Waals surface area contributed by atoms with Crippen LogP contribution in [0.1, 0.15) is 0 Å². The molecule has 0 radical (unpaired) electrons. The third-order valence-electron chi connectivity index (χ3n) is 2.68. The van der Waals surface area contributed by atoms with Gasteiger partial charge in [0.05, 0.1) is 0 Å². The fourth-order valence-electron chi connectivity index (χ4n) is 1.67. The average molecular weight is 303 g/mol. The van der Waals surface area contributed by atoms with Gasteiger partial charge in [0, 0.05) is 22.0 Å². The summed E-state index contributed by atoms with van der Waals surface area (Å²) in [6.07, 6.45) is 0. The molecule has 4 nitrogen and oxygen atoms in total. The van der Waals surface area contributed by atoms with Crippen LogP contribution in [0.5, 0.6) is 0 Å². The Morgan fingerprint density at radius 3 is 2.35 bits per heavy atom. The summed E-state index contributed by atoms with van der Waals surface area (Å²) in [5.41, 5.74) is 8.33. The molecule has 0 saturated carbocycles. The number of anilines is 3. The first-order valence-electron chi connectivity index (χ1n) is 5.93. The van der Waals surface area contributed by atoms with Crippen LogP contribution in [0.25, 0.3) is 10.6 Å². The fourth-order valence-corrected chi connectivity index (χ4v) is 2.57. The predicted molar refractivity (Wildman–Crippen MR) is 84.5 cm³/mol. The van der Waals surface area contributed by atoms with Crippen molar-refractivity contribution in [3.63, 3.8) is 0 Å². The van der Waals surface area contributed by atoms with E-state index in [9.17, 15) is 0 Å². The molecule has 0 saturated heterocycles. The SMILES string of the molecule is Nc1ccc(-c2nnc(Nc3ccc(Cl)cc3)s2)cc1. The Labute approximate surface area is 125 Å². The van der Waals surface area contributed by atoms with Crippen LogP contribution in [0.3, 0.4) is 0 Å². The first kappa shape index (κ1) is 12.9. The monoisotopic (exact) mass is 302 g/mol. The molecule has 0 atom stereocenters. The second kappa shape index (κ2) is 5.48. The van der Waals surface area contributed by atoms with Gasteiger partial charge < -0.3 is 11.1 Å². The number of benzene rings is 2. The third-order valence-corrected chi connectivity index (χ3v) is 3.82. The largest absolute Gasteiger partial charge is 0.399 e. The highest BCUT2D eigenvalue weighted by Gasteiger charge is 2.06. The molecule has 3 N–H and O–H groups in total. The lowest BCUT2D eigenvalue weighted by atomic mass is 10.2. The highest BCUT2D eigenvalue weighted by atomic mass is 35.5. The average Bonchev–Trinajstić information content (AvgIpc) is 2.91.